The molecule has 1 aromatic carbocycles. The number of rotatable bonds is 3. The van der Waals surface area contributed by atoms with E-state index < -0.39 is 0 Å². The summed E-state index contributed by atoms with van der Waals surface area (Å²) in [5.41, 5.74) is 5.13. The van der Waals surface area contributed by atoms with Crippen molar-refractivity contribution in [1.82, 2.24) is 4.90 Å². The molecular weight excluding hydrogens is 326 g/mol. The summed E-state index contributed by atoms with van der Waals surface area (Å²) in [6, 6.07) is 4.94. The zero-order valence-corrected chi connectivity index (χ0v) is 15.2. The van der Waals surface area contributed by atoms with Crippen molar-refractivity contribution < 1.29 is 37.1 Å². The van der Waals surface area contributed by atoms with Crippen molar-refractivity contribution in [2.45, 2.75) is 27.2 Å². The second-order valence-electron chi connectivity index (χ2n) is 4.67. The third kappa shape index (κ3) is 3.29. The quantitative estimate of drug-likeness (QED) is 0.738. The Morgan fingerprint density at radius 2 is 2.00 bits per heavy atom. The van der Waals surface area contributed by atoms with Gasteiger partial charge >= 0.3 is 0 Å². The molecular formula is C17H19FNY-. The van der Waals surface area contributed by atoms with E-state index in [1.165, 1.54) is 6.07 Å². The van der Waals surface area contributed by atoms with Crippen LogP contribution in [0.1, 0.15) is 31.9 Å². The van der Waals surface area contributed by atoms with E-state index in [9.17, 15) is 4.39 Å². The van der Waals surface area contributed by atoms with Crippen molar-refractivity contribution in [3.63, 3.8) is 0 Å². The zero-order chi connectivity index (χ0) is 14.0. The van der Waals surface area contributed by atoms with Crippen LogP contribution in [0.5, 0.6) is 0 Å². The number of likely N-dealkylation sites (N-methyl/N-ethyl adjacent to an activating group) is 1. The second-order valence-corrected chi connectivity index (χ2v) is 4.67. The Labute approximate surface area is 146 Å². The van der Waals surface area contributed by atoms with Crippen LogP contribution in [0.3, 0.4) is 0 Å². The Bertz CT molecular complexity index is 572. The first-order valence-electron chi connectivity index (χ1n) is 6.64. The van der Waals surface area contributed by atoms with Crippen LogP contribution in [0.2, 0.25) is 0 Å². The Morgan fingerprint density at radius 1 is 1.30 bits per heavy atom. The average molecular weight is 345 g/mol. The van der Waals surface area contributed by atoms with E-state index in [4.69, 9.17) is 0 Å². The molecule has 0 spiro atoms. The normalized spacial score (nSPS) is 14.6. The van der Waals surface area contributed by atoms with Crippen LogP contribution >= 0.6 is 0 Å². The van der Waals surface area contributed by atoms with E-state index in [1.807, 2.05) is 26.0 Å². The van der Waals surface area contributed by atoms with Gasteiger partial charge in [0.2, 0.25) is 0 Å². The van der Waals surface area contributed by atoms with Crippen molar-refractivity contribution >= 4 is 5.70 Å². The Hall–Kier alpha value is -0.726. The van der Waals surface area contributed by atoms with Crippen molar-refractivity contribution in [3.8, 4) is 0 Å². The molecule has 0 saturated heterocycles. The summed E-state index contributed by atoms with van der Waals surface area (Å²) in [5.74, 6) is -0.189. The van der Waals surface area contributed by atoms with Gasteiger partial charge in [-0.1, -0.05) is 37.3 Å². The molecule has 0 unspecified atom stereocenters. The maximum absolute atomic E-state index is 13.3. The van der Waals surface area contributed by atoms with Gasteiger partial charge in [-0.05, 0) is 31.2 Å². The molecule has 0 fully saturated rings. The summed E-state index contributed by atoms with van der Waals surface area (Å²) in [5, 5.41) is 0. The molecule has 1 radical (unpaired) electrons. The molecule has 3 heteroatoms. The number of allylic oxidation sites excluding steroid dienone is 3. The van der Waals surface area contributed by atoms with Crippen LogP contribution in [0.15, 0.2) is 42.1 Å². The summed E-state index contributed by atoms with van der Waals surface area (Å²) < 4.78 is 13.3. The molecule has 103 valence electrons. The molecule has 20 heavy (non-hydrogen) atoms. The summed E-state index contributed by atoms with van der Waals surface area (Å²) in [6.07, 6.45) is 6.06. The first-order valence-corrected chi connectivity index (χ1v) is 6.64. The standard InChI is InChI=1S/C17H19FN.Y/c1-5-14-11-15(18)8-9-16(14)17-10-7-12(3)13(4)19(17)6-2;/h7-9,11H,4-6H2,1-3H3;/q-1;. The van der Waals surface area contributed by atoms with E-state index >= 15 is 0 Å². The van der Waals surface area contributed by atoms with Gasteiger partial charge < -0.3 is 4.90 Å². The van der Waals surface area contributed by atoms with E-state index in [-0.39, 0.29) is 38.5 Å². The second kappa shape index (κ2) is 7.33. The van der Waals surface area contributed by atoms with Gasteiger partial charge in [0.1, 0.15) is 5.82 Å². The summed E-state index contributed by atoms with van der Waals surface area (Å²) in [4.78, 5) is 2.13. The van der Waals surface area contributed by atoms with E-state index in [1.54, 1.807) is 6.07 Å². The molecule has 0 saturated carbocycles. The fraction of sp³-hybridized carbons (Fsp3) is 0.294. The van der Waals surface area contributed by atoms with Gasteiger partial charge in [-0.15, -0.1) is 11.6 Å². The van der Waals surface area contributed by atoms with Crippen molar-refractivity contribution in [3.05, 3.63) is 65.1 Å². The number of hydrogen-bond acceptors (Lipinski definition) is 1. The fourth-order valence-corrected chi connectivity index (χ4v) is 2.34. The predicted molar refractivity (Wildman–Crippen MR) is 77.7 cm³/mol. The SMILES string of the molecule is C=C1C(C)=C[C-]=C(c2ccc(F)cc2CC)N1CC.[Y]. The van der Waals surface area contributed by atoms with Crippen molar-refractivity contribution in [2.24, 2.45) is 0 Å². The third-order valence-electron chi connectivity index (χ3n) is 3.50. The third-order valence-corrected chi connectivity index (χ3v) is 3.50. The number of hydrogen-bond donors (Lipinski definition) is 0. The molecule has 0 atom stereocenters. The molecule has 0 aromatic heterocycles. The van der Waals surface area contributed by atoms with E-state index in [0.717, 1.165) is 41.1 Å². The maximum Gasteiger partial charge on any atom is 0.121 e. The number of nitrogens with zero attached hydrogens (tertiary/aromatic N) is 1. The van der Waals surface area contributed by atoms with Gasteiger partial charge in [0.25, 0.3) is 0 Å². The summed E-state index contributed by atoms with van der Waals surface area (Å²) in [6.45, 7) is 11.1. The minimum atomic E-state index is -0.189. The molecule has 0 aliphatic carbocycles. The molecule has 0 bridgehead atoms. The van der Waals surface area contributed by atoms with Crippen molar-refractivity contribution in [2.75, 3.05) is 6.54 Å². The molecule has 1 aliphatic rings. The summed E-state index contributed by atoms with van der Waals surface area (Å²) >= 11 is 0. The maximum atomic E-state index is 13.3. The molecule has 0 amide bonds. The van der Waals surface area contributed by atoms with E-state index in [2.05, 4.69) is 24.5 Å². The molecule has 2 rings (SSSR count). The Morgan fingerprint density at radius 3 is 2.60 bits per heavy atom. The molecule has 1 aliphatic heterocycles. The number of aryl methyl sites for hydroxylation is 1. The minimum Gasteiger partial charge on any atom is -0.376 e. The van der Waals surface area contributed by atoms with Gasteiger partial charge in [-0.25, -0.2) is 4.39 Å². The first kappa shape index (κ1) is 17.3. The fourth-order valence-electron chi connectivity index (χ4n) is 2.34. The smallest absolute Gasteiger partial charge is 0.121 e. The van der Waals surface area contributed by atoms with Crippen LogP contribution in [-0.4, -0.2) is 11.4 Å². The minimum absolute atomic E-state index is 0. The Balaban J connectivity index is 0.00000200. The monoisotopic (exact) mass is 345 g/mol. The van der Waals surface area contributed by atoms with Crippen LogP contribution in [0.4, 0.5) is 4.39 Å². The van der Waals surface area contributed by atoms with Crippen LogP contribution in [0, 0.1) is 11.9 Å². The largest absolute Gasteiger partial charge is 0.376 e. The summed E-state index contributed by atoms with van der Waals surface area (Å²) in [7, 11) is 0. The van der Waals surface area contributed by atoms with Crippen molar-refractivity contribution in [1.29, 1.82) is 0 Å². The first-order chi connectivity index (χ1) is 9.08. The predicted octanol–water partition coefficient (Wildman–Crippen LogP) is 4.33. The molecule has 0 N–H and O–H groups in total. The Kier molecular flexibility index (Phi) is 6.35. The van der Waals surface area contributed by atoms with Gasteiger partial charge in [0, 0.05) is 39.3 Å². The number of benzene rings is 1. The van der Waals surface area contributed by atoms with Crippen LogP contribution in [-0.2, 0) is 39.1 Å². The van der Waals surface area contributed by atoms with Crippen LogP contribution < -0.4 is 0 Å². The topological polar surface area (TPSA) is 3.24 Å². The molecule has 1 aromatic rings. The van der Waals surface area contributed by atoms with Gasteiger partial charge in [-0.2, -0.15) is 12.2 Å². The molecule has 1 heterocycles. The van der Waals surface area contributed by atoms with Gasteiger partial charge in [0.15, 0.2) is 0 Å². The van der Waals surface area contributed by atoms with Gasteiger partial charge in [0.05, 0.1) is 0 Å². The van der Waals surface area contributed by atoms with E-state index in [0.29, 0.717) is 0 Å². The molecule has 1 nitrogen and oxygen atoms in total. The van der Waals surface area contributed by atoms with Gasteiger partial charge in [-0.3, -0.25) is 0 Å². The number of halogens is 1. The van der Waals surface area contributed by atoms with Crippen LogP contribution in [0.25, 0.3) is 5.70 Å². The zero-order valence-electron chi connectivity index (χ0n) is 12.3. The average Bonchev–Trinajstić information content (AvgIpc) is 2.41.